The molecule has 220 valence electrons. The zero-order valence-electron chi connectivity index (χ0n) is 26.0. The van der Waals surface area contributed by atoms with Crippen molar-refractivity contribution in [3.8, 4) is 0 Å². The van der Waals surface area contributed by atoms with Crippen molar-refractivity contribution in [1.82, 2.24) is 0 Å². The van der Waals surface area contributed by atoms with Crippen LogP contribution in [0.5, 0.6) is 0 Å². The van der Waals surface area contributed by atoms with Crippen LogP contribution < -0.4 is 0 Å². The maximum absolute atomic E-state index is 5.01. The summed E-state index contributed by atoms with van der Waals surface area (Å²) in [4.78, 5) is 20.1. The van der Waals surface area contributed by atoms with Gasteiger partial charge in [-0.1, -0.05) is 59.7 Å². The van der Waals surface area contributed by atoms with Gasteiger partial charge in [0.05, 0.1) is 34.1 Å². The first kappa shape index (κ1) is 30.2. The molecule has 44 heavy (non-hydrogen) atoms. The van der Waals surface area contributed by atoms with Crippen molar-refractivity contribution in [1.29, 1.82) is 0 Å². The van der Waals surface area contributed by atoms with Crippen LogP contribution in [-0.2, 0) is 0 Å². The molecule has 0 unspecified atom stereocenters. The van der Waals surface area contributed by atoms with Gasteiger partial charge in [-0.15, -0.1) is 0 Å². The van der Waals surface area contributed by atoms with Gasteiger partial charge in [0.25, 0.3) is 0 Å². The fourth-order valence-electron chi connectivity index (χ4n) is 4.72. The van der Waals surface area contributed by atoms with Crippen LogP contribution in [0.1, 0.15) is 38.8 Å². The first-order valence-corrected chi connectivity index (χ1v) is 14.6. The van der Waals surface area contributed by atoms with Gasteiger partial charge >= 0.3 is 0 Å². The molecule has 4 aromatic carbocycles. The van der Waals surface area contributed by atoms with E-state index in [1.165, 1.54) is 0 Å². The zero-order chi connectivity index (χ0) is 31.1. The van der Waals surface area contributed by atoms with E-state index in [0.717, 1.165) is 45.3 Å². The lowest BCUT2D eigenvalue weighted by molar-refractivity contribution is 0.983. The van der Waals surface area contributed by atoms with E-state index in [4.69, 9.17) is 30.2 Å². The Morgan fingerprint density at radius 1 is 0.386 bits per heavy atom. The number of fused-ring (bicyclic) bond motifs is 2. The van der Waals surface area contributed by atoms with E-state index >= 15 is 0 Å². The highest BCUT2D eigenvalue weighted by molar-refractivity contribution is 6.13. The lowest BCUT2D eigenvalue weighted by atomic mass is 10.1. The molecule has 0 aliphatic carbocycles. The first-order valence-electron chi connectivity index (χ1n) is 14.6. The number of hydrogen-bond acceptors (Lipinski definition) is 8. The van der Waals surface area contributed by atoms with Crippen molar-refractivity contribution < 1.29 is 0 Å². The Bertz CT molecular complexity index is 1600. The Hall–Kier alpha value is -5.24. The lowest BCUT2D eigenvalue weighted by Gasteiger charge is -2.16. The number of para-hydroxylation sites is 4. The van der Waals surface area contributed by atoms with Crippen LogP contribution in [0.4, 0.5) is 34.1 Å². The molecule has 0 radical (unpaired) electrons. The minimum atomic E-state index is -0.494. The highest BCUT2D eigenvalue weighted by Gasteiger charge is 2.20. The molecule has 8 nitrogen and oxygen atoms in total. The van der Waals surface area contributed by atoms with Crippen molar-refractivity contribution in [2.24, 2.45) is 40.4 Å². The van der Waals surface area contributed by atoms with Crippen LogP contribution in [0.3, 0.4) is 0 Å². The highest BCUT2D eigenvalue weighted by atomic mass is 15.2. The van der Waals surface area contributed by atoms with E-state index in [9.17, 15) is 0 Å². The van der Waals surface area contributed by atoms with Gasteiger partial charge < -0.3 is 0 Å². The molecule has 0 bridgehead atoms. The Morgan fingerprint density at radius 2 is 0.659 bits per heavy atom. The van der Waals surface area contributed by atoms with E-state index in [1.54, 1.807) is 0 Å². The van der Waals surface area contributed by atoms with Gasteiger partial charge in [0.1, 0.15) is 12.1 Å². The van der Waals surface area contributed by atoms with Crippen molar-refractivity contribution in [2.75, 3.05) is 0 Å². The predicted molar refractivity (Wildman–Crippen MR) is 183 cm³/mol. The fourth-order valence-corrected chi connectivity index (χ4v) is 4.72. The van der Waals surface area contributed by atoms with Gasteiger partial charge in [-0.2, -0.15) is 20.5 Å². The summed E-state index contributed by atoms with van der Waals surface area (Å²) < 4.78 is 0. The topological polar surface area (TPSA) is 98.9 Å². The maximum atomic E-state index is 5.01. The van der Waals surface area contributed by atoms with Crippen molar-refractivity contribution in [3.05, 3.63) is 108 Å². The summed E-state index contributed by atoms with van der Waals surface area (Å²) in [5.74, 6) is 0. The Kier molecular flexibility index (Phi) is 9.49. The van der Waals surface area contributed by atoms with Crippen molar-refractivity contribution in [2.45, 2.75) is 53.6 Å². The van der Waals surface area contributed by atoms with Crippen LogP contribution in [0, 0.1) is 13.8 Å². The van der Waals surface area contributed by atoms with E-state index in [-0.39, 0.29) is 0 Å². The minimum absolute atomic E-state index is 0.494. The predicted octanol–water partition coefficient (Wildman–Crippen LogP) is 10.7. The minimum Gasteiger partial charge on any atom is -0.253 e. The van der Waals surface area contributed by atoms with Crippen LogP contribution in [0.15, 0.2) is 137 Å². The summed E-state index contributed by atoms with van der Waals surface area (Å²) in [7, 11) is 0. The van der Waals surface area contributed by atoms with Crippen LogP contribution in [-0.4, -0.2) is 34.9 Å². The van der Waals surface area contributed by atoms with Crippen LogP contribution in [0.25, 0.3) is 0 Å². The van der Waals surface area contributed by atoms with Gasteiger partial charge in [0.15, 0.2) is 0 Å². The lowest BCUT2D eigenvalue weighted by Crippen LogP contribution is -2.24. The smallest absolute Gasteiger partial charge is 0.147 e. The second-order valence-electron chi connectivity index (χ2n) is 10.9. The molecule has 5 rings (SSSR count). The molecule has 0 atom stereocenters. The summed E-state index contributed by atoms with van der Waals surface area (Å²) in [5.41, 5.74) is 9.70. The molecular formula is C36H36N8. The zero-order valence-corrected chi connectivity index (χ0v) is 26.0. The number of hydrogen-bond donors (Lipinski definition) is 0. The standard InChI is InChI=1S/C36H36N8/c1-23-15-19-29(20-16-23)41-43-35-25(3)37-31-11-7-9-13-33(31)39-27(5)36(44-42-30-21-17-24(2)18-22-30)28(6)40-34-14-10-8-12-32(34)38-26(35)4/h7-22,35-36H,1-6H3. The average Bonchev–Trinajstić information content (AvgIpc) is 3.01. The maximum Gasteiger partial charge on any atom is 0.147 e. The molecule has 0 spiro atoms. The van der Waals surface area contributed by atoms with Crippen LogP contribution in [0.2, 0.25) is 0 Å². The number of azo groups is 2. The van der Waals surface area contributed by atoms with Crippen molar-refractivity contribution in [3.63, 3.8) is 0 Å². The summed E-state index contributed by atoms with van der Waals surface area (Å²) >= 11 is 0. The molecule has 0 amide bonds. The third-order valence-electron chi connectivity index (χ3n) is 7.18. The molecule has 0 saturated heterocycles. The second-order valence-corrected chi connectivity index (χ2v) is 10.9. The van der Waals surface area contributed by atoms with Gasteiger partial charge in [-0.25, -0.2) is 0 Å². The molecular weight excluding hydrogens is 544 g/mol. The first-order chi connectivity index (χ1) is 21.3. The summed E-state index contributed by atoms with van der Waals surface area (Å²) in [6.07, 6.45) is 0. The van der Waals surface area contributed by atoms with E-state index in [0.29, 0.717) is 22.7 Å². The summed E-state index contributed by atoms with van der Waals surface area (Å²) in [6, 6.07) is 30.5. The monoisotopic (exact) mass is 580 g/mol. The number of nitrogens with zero attached hydrogens (tertiary/aromatic N) is 8. The largest absolute Gasteiger partial charge is 0.253 e. The number of aryl methyl sites for hydroxylation is 2. The quantitative estimate of drug-likeness (QED) is 0.215. The number of aliphatic imine (C=N–C) groups is 4. The van der Waals surface area contributed by atoms with Gasteiger partial charge in [-0.3, -0.25) is 20.0 Å². The van der Waals surface area contributed by atoms with Crippen molar-refractivity contribution >= 4 is 57.0 Å². The normalized spacial score (nSPS) is 17.7. The highest BCUT2D eigenvalue weighted by Crippen LogP contribution is 2.32. The van der Waals surface area contributed by atoms with Gasteiger partial charge in [0.2, 0.25) is 0 Å². The molecule has 0 fully saturated rings. The SMILES string of the molecule is CC1=Nc2ccccc2N=C(C)C(N=Nc2ccc(C)cc2)C(C)=Nc2ccccc2N=C(C)C1N=Nc1ccc(C)cc1. The summed E-state index contributed by atoms with van der Waals surface area (Å²) in [5, 5.41) is 18.6. The molecule has 4 aromatic rings. The fraction of sp³-hybridized carbons (Fsp3) is 0.222. The Balaban J connectivity index is 1.66. The number of rotatable bonds is 4. The third kappa shape index (κ3) is 7.58. The number of benzene rings is 4. The van der Waals surface area contributed by atoms with E-state index < -0.39 is 12.1 Å². The molecule has 8 heteroatoms. The summed E-state index contributed by atoms with van der Waals surface area (Å²) in [6.45, 7) is 11.9. The molecule has 0 N–H and O–H groups in total. The van der Waals surface area contributed by atoms with Crippen LogP contribution >= 0.6 is 0 Å². The third-order valence-corrected chi connectivity index (χ3v) is 7.18. The average molecular weight is 581 g/mol. The second kappa shape index (κ2) is 13.8. The van der Waals surface area contributed by atoms with Gasteiger partial charge in [0, 0.05) is 22.8 Å². The molecule has 1 aliphatic rings. The van der Waals surface area contributed by atoms with Gasteiger partial charge in [-0.05, 0) is 90.1 Å². The molecule has 1 aliphatic heterocycles. The van der Waals surface area contributed by atoms with E-state index in [2.05, 4.69) is 10.2 Å². The molecule has 1 heterocycles. The molecule has 0 saturated carbocycles. The van der Waals surface area contributed by atoms with E-state index in [1.807, 2.05) is 139 Å². The Morgan fingerprint density at radius 3 is 0.932 bits per heavy atom. The molecule has 0 aromatic heterocycles. The Labute approximate surface area is 258 Å².